The minimum Gasteiger partial charge on any atom is -0.377 e. The van der Waals surface area contributed by atoms with Gasteiger partial charge < -0.3 is 23.2 Å². The molecule has 0 aromatic heterocycles. The van der Waals surface area contributed by atoms with Gasteiger partial charge in [0, 0.05) is 11.5 Å². The number of nitrogens with zero attached hydrogens (tertiary/aromatic N) is 2. The summed E-state index contributed by atoms with van der Waals surface area (Å²) in [6.45, 7) is 0. The molecule has 0 saturated carbocycles. The Bertz CT molecular complexity index is 873. The maximum atomic E-state index is 5.78. The fraction of sp³-hybridized carbons (Fsp3) is 0.111. The summed E-state index contributed by atoms with van der Waals surface area (Å²) in [4.78, 5) is 0. The van der Waals surface area contributed by atoms with E-state index in [1.165, 1.54) is 56.2 Å². The van der Waals surface area contributed by atoms with Crippen molar-refractivity contribution in [3.8, 4) is 0 Å². The van der Waals surface area contributed by atoms with Crippen LogP contribution in [0.2, 0.25) is 0 Å². The predicted molar refractivity (Wildman–Crippen MR) is 130 cm³/mol. The summed E-state index contributed by atoms with van der Waals surface area (Å²) in [7, 11) is 0. The number of hydrazone groups is 2. The normalized spacial score (nSPS) is 11.9. The third-order valence-corrected chi connectivity index (χ3v) is 5.81. The van der Waals surface area contributed by atoms with Gasteiger partial charge in [-0.2, -0.15) is 10.2 Å². The van der Waals surface area contributed by atoms with Gasteiger partial charge in [-0.1, -0.05) is 72.1 Å². The van der Waals surface area contributed by atoms with E-state index in [1.807, 2.05) is 24.3 Å². The fourth-order valence-electron chi connectivity index (χ4n) is 2.99. The Labute approximate surface area is 184 Å². The summed E-state index contributed by atoms with van der Waals surface area (Å²) in [5.74, 6) is 11.9. The highest BCUT2D eigenvalue weighted by Crippen LogP contribution is 2.36. The third kappa shape index (κ3) is 5.08. The van der Waals surface area contributed by atoms with Crippen LogP contribution in [0.25, 0.3) is 21.5 Å². The monoisotopic (exact) mass is 456 g/mol. The van der Waals surface area contributed by atoms with Crippen LogP contribution in [0.5, 0.6) is 0 Å². The molecule has 3 rings (SSSR count). The van der Waals surface area contributed by atoms with Gasteiger partial charge in [-0.25, -0.2) is 0 Å². The van der Waals surface area contributed by atoms with Crippen LogP contribution in [-0.4, -0.2) is 10.3 Å². The SMILES string of the molecule is Cl.Cl.N/N=C(\N)SCc1c2ccccc2c(CS/C(N)=N/N)c2ccccc12. The minimum atomic E-state index is 0. The lowest BCUT2D eigenvalue weighted by atomic mass is 9.93. The highest BCUT2D eigenvalue weighted by molar-refractivity contribution is 8.13. The van der Waals surface area contributed by atoms with E-state index in [2.05, 4.69) is 34.5 Å². The minimum absolute atomic E-state index is 0. The van der Waals surface area contributed by atoms with Crippen LogP contribution in [0.3, 0.4) is 0 Å². The van der Waals surface area contributed by atoms with E-state index in [0.29, 0.717) is 21.8 Å². The zero-order valence-electron chi connectivity index (χ0n) is 14.9. The Morgan fingerprint density at radius 2 is 0.929 bits per heavy atom. The zero-order chi connectivity index (χ0) is 18.5. The molecule has 28 heavy (non-hydrogen) atoms. The number of halogens is 2. The molecule has 0 spiro atoms. The van der Waals surface area contributed by atoms with Crippen molar-refractivity contribution in [1.82, 2.24) is 0 Å². The molecule has 6 nitrogen and oxygen atoms in total. The number of hydrogen-bond acceptors (Lipinski definition) is 6. The Balaban J connectivity index is 0.00000196. The highest BCUT2D eigenvalue weighted by Gasteiger charge is 2.14. The number of benzene rings is 3. The lowest BCUT2D eigenvalue weighted by molar-refractivity contribution is 1.25. The summed E-state index contributed by atoms with van der Waals surface area (Å²) < 4.78 is 0. The molecule has 0 aliphatic rings. The molecule has 8 N–H and O–H groups in total. The largest absolute Gasteiger partial charge is 0.377 e. The van der Waals surface area contributed by atoms with Gasteiger partial charge in [0.2, 0.25) is 0 Å². The maximum absolute atomic E-state index is 5.78. The van der Waals surface area contributed by atoms with Crippen molar-refractivity contribution < 1.29 is 0 Å². The first-order valence-corrected chi connectivity index (χ1v) is 9.86. The molecule has 0 unspecified atom stereocenters. The van der Waals surface area contributed by atoms with E-state index in [-0.39, 0.29) is 24.8 Å². The van der Waals surface area contributed by atoms with E-state index in [0.717, 1.165) is 0 Å². The van der Waals surface area contributed by atoms with Crippen molar-refractivity contribution in [1.29, 1.82) is 0 Å². The molecule has 0 fully saturated rings. The molecule has 10 heteroatoms. The van der Waals surface area contributed by atoms with E-state index < -0.39 is 0 Å². The van der Waals surface area contributed by atoms with Crippen molar-refractivity contribution in [2.24, 2.45) is 33.4 Å². The molecule has 0 bridgehead atoms. The van der Waals surface area contributed by atoms with Gasteiger partial charge in [0.15, 0.2) is 10.3 Å². The molecule has 0 radical (unpaired) electrons. The number of rotatable bonds is 4. The van der Waals surface area contributed by atoms with E-state index in [1.54, 1.807) is 0 Å². The van der Waals surface area contributed by atoms with Gasteiger partial charge in [-0.3, -0.25) is 0 Å². The van der Waals surface area contributed by atoms with Gasteiger partial charge in [-0.15, -0.1) is 24.8 Å². The average molecular weight is 457 g/mol. The molecule has 0 saturated heterocycles. The van der Waals surface area contributed by atoms with E-state index in [9.17, 15) is 0 Å². The van der Waals surface area contributed by atoms with Gasteiger partial charge in [-0.05, 0) is 32.7 Å². The molecule has 3 aromatic rings. The van der Waals surface area contributed by atoms with Crippen LogP contribution in [0.4, 0.5) is 0 Å². The molecule has 3 aromatic carbocycles. The lowest BCUT2D eigenvalue weighted by Crippen LogP contribution is -2.10. The molecule has 150 valence electrons. The van der Waals surface area contributed by atoms with E-state index in [4.69, 9.17) is 23.2 Å². The van der Waals surface area contributed by atoms with Crippen LogP contribution < -0.4 is 23.2 Å². The molecule has 0 aliphatic heterocycles. The molecule has 0 aliphatic carbocycles. The standard InChI is InChI=1S/C18H20N6S2.2ClH/c19-17(23-21)25-9-15-11-5-1-2-6-12(11)16(10-26-18(20)24-22)14-8-4-3-7-13(14)15;;/h1-8H,9-10,21-22H2,(H2,19,23)(H2,20,24);2*1H. The van der Waals surface area contributed by atoms with Crippen molar-refractivity contribution in [3.63, 3.8) is 0 Å². The Hall–Kier alpha value is -2.00. The first kappa shape index (κ1) is 24.0. The first-order valence-electron chi connectivity index (χ1n) is 7.89. The van der Waals surface area contributed by atoms with Crippen molar-refractivity contribution in [2.45, 2.75) is 11.5 Å². The quantitative estimate of drug-likeness (QED) is 0.156. The molecule has 0 heterocycles. The van der Waals surface area contributed by atoms with Crippen molar-refractivity contribution in [3.05, 3.63) is 59.7 Å². The summed E-state index contributed by atoms with van der Waals surface area (Å²) in [5, 5.41) is 12.6. The van der Waals surface area contributed by atoms with Gasteiger partial charge in [0.05, 0.1) is 0 Å². The highest BCUT2D eigenvalue weighted by atomic mass is 35.5. The maximum Gasteiger partial charge on any atom is 0.177 e. The second-order valence-electron chi connectivity index (χ2n) is 5.56. The first-order chi connectivity index (χ1) is 12.7. The smallest absolute Gasteiger partial charge is 0.177 e. The van der Waals surface area contributed by atoms with Crippen molar-refractivity contribution >= 4 is 80.2 Å². The van der Waals surface area contributed by atoms with Crippen LogP contribution in [0.15, 0.2) is 58.7 Å². The van der Waals surface area contributed by atoms with Crippen LogP contribution in [-0.2, 0) is 11.5 Å². The van der Waals surface area contributed by atoms with Crippen molar-refractivity contribution in [2.75, 3.05) is 0 Å². The number of fused-ring (bicyclic) bond motifs is 2. The third-order valence-electron chi connectivity index (χ3n) is 4.14. The predicted octanol–water partition coefficient (Wildman–Crippen LogP) is 3.68. The summed E-state index contributed by atoms with van der Waals surface area (Å²) in [6.07, 6.45) is 0. The topological polar surface area (TPSA) is 129 Å². The number of hydrogen-bond donors (Lipinski definition) is 4. The summed E-state index contributed by atoms with van der Waals surface area (Å²) >= 11 is 2.86. The zero-order valence-corrected chi connectivity index (χ0v) is 18.1. The number of nitrogens with two attached hydrogens (primary N) is 4. The average Bonchev–Trinajstić information content (AvgIpc) is 2.69. The molecule has 0 amide bonds. The molecular formula is C18H22Cl2N6S2. The second-order valence-corrected chi connectivity index (χ2v) is 7.55. The van der Waals surface area contributed by atoms with Gasteiger partial charge in [0.25, 0.3) is 0 Å². The second kappa shape index (κ2) is 11.1. The Morgan fingerprint density at radius 3 is 1.18 bits per heavy atom. The number of thioether (sulfide) groups is 2. The molecule has 0 atom stereocenters. The Morgan fingerprint density at radius 1 is 0.643 bits per heavy atom. The van der Waals surface area contributed by atoms with Crippen LogP contribution in [0.1, 0.15) is 11.1 Å². The van der Waals surface area contributed by atoms with Crippen LogP contribution >= 0.6 is 48.3 Å². The van der Waals surface area contributed by atoms with Gasteiger partial charge >= 0.3 is 0 Å². The summed E-state index contributed by atoms with van der Waals surface area (Å²) in [6, 6.07) is 16.7. The fourth-order valence-corrected chi connectivity index (χ4v) is 4.34. The van der Waals surface area contributed by atoms with Gasteiger partial charge in [0.1, 0.15) is 0 Å². The van der Waals surface area contributed by atoms with Crippen LogP contribution in [0, 0.1) is 0 Å². The lowest BCUT2D eigenvalue weighted by Gasteiger charge is -2.16. The Kier molecular flexibility index (Phi) is 9.54. The molecular weight excluding hydrogens is 435 g/mol. The summed E-state index contributed by atoms with van der Waals surface area (Å²) in [5.41, 5.74) is 14.0. The van der Waals surface area contributed by atoms with E-state index >= 15 is 0 Å². The number of amidine groups is 2.